The summed E-state index contributed by atoms with van der Waals surface area (Å²) in [4.78, 5) is 11.0. The maximum atomic E-state index is 13.7. The molecule has 2 aromatic rings. The number of rotatable bonds is 6. The van der Waals surface area contributed by atoms with Gasteiger partial charge in [0.25, 0.3) is 0 Å². The van der Waals surface area contributed by atoms with Crippen LogP contribution in [0.3, 0.4) is 0 Å². The molecular formula is C22H22ClF3O6. The summed E-state index contributed by atoms with van der Waals surface area (Å²) in [5, 5.41) is 30.4. The first-order valence-electron chi connectivity index (χ1n) is 9.68. The molecule has 0 aromatic heterocycles. The van der Waals surface area contributed by atoms with E-state index in [1.165, 1.54) is 13.0 Å². The van der Waals surface area contributed by atoms with Crippen LogP contribution in [0, 0.1) is 5.92 Å². The molecule has 0 aliphatic carbocycles. The fourth-order valence-corrected chi connectivity index (χ4v) is 3.82. The number of halogens is 4. The Hall–Kier alpha value is -2.49. The zero-order chi connectivity index (χ0) is 24.1. The molecule has 174 valence electrons. The van der Waals surface area contributed by atoms with E-state index in [-0.39, 0.29) is 28.3 Å². The maximum Gasteiger partial charge on any atom is 0.419 e. The van der Waals surface area contributed by atoms with E-state index in [4.69, 9.17) is 26.2 Å². The van der Waals surface area contributed by atoms with E-state index in [1.807, 2.05) is 0 Å². The Labute approximate surface area is 187 Å². The number of fused-ring (bicyclic) bond motifs is 1. The molecule has 3 N–H and O–H groups in total. The highest BCUT2D eigenvalue weighted by atomic mass is 35.5. The number of carboxylic acids is 1. The Morgan fingerprint density at radius 1 is 1.22 bits per heavy atom. The largest absolute Gasteiger partial charge is 0.487 e. The van der Waals surface area contributed by atoms with Crippen LogP contribution in [0.1, 0.15) is 43.0 Å². The lowest BCUT2D eigenvalue weighted by Crippen LogP contribution is -2.34. The number of aliphatic hydroxyl groups is 2. The molecule has 3 rings (SSSR count). The molecule has 1 aliphatic rings. The number of aliphatic carboxylic acids is 1. The van der Waals surface area contributed by atoms with Gasteiger partial charge in [0, 0.05) is 17.0 Å². The standard InChI is InChI=1S/C22H22ClF3O6/c1-11(19(27)28)6-12-4-5-17(15(7-12)21(24,25)26)31-22(29,30)16-9-14(23)8-13-10-20(2,3)32-18(13)16/h4-5,7-9,11,29-30H,6,10H2,1-3H3,(H,27,28). The summed E-state index contributed by atoms with van der Waals surface area (Å²) in [7, 11) is 0. The van der Waals surface area contributed by atoms with E-state index in [0.29, 0.717) is 12.0 Å². The minimum Gasteiger partial charge on any atom is -0.487 e. The van der Waals surface area contributed by atoms with Crippen molar-refractivity contribution in [1.29, 1.82) is 0 Å². The van der Waals surface area contributed by atoms with Crippen molar-refractivity contribution in [3.05, 3.63) is 57.6 Å². The molecule has 0 spiro atoms. The van der Waals surface area contributed by atoms with Gasteiger partial charge in [-0.2, -0.15) is 13.2 Å². The molecule has 2 aromatic carbocycles. The van der Waals surface area contributed by atoms with Crippen molar-refractivity contribution in [2.24, 2.45) is 5.92 Å². The highest BCUT2D eigenvalue weighted by Crippen LogP contribution is 2.45. The van der Waals surface area contributed by atoms with Crippen LogP contribution in [0.2, 0.25) is 5.02 Å². The van der Waals surface area contributed by atoms with Crippen LogP contribution in [0.15, 0.2) is 30.3 Å². The third-order valence-corrected chi connectivity index (χ3v) is 5.26. The number of alkyl halides is 3. The zero-order valence-electron chi connectivity index (χ0n) is 17.5. The first-order valence-corrected chi connectivity index (χ1v) is 10.1. The van der Waals surface area contributed by atoms with Crippen molar-refractivity contribution in [2.45, 2.75) is 51.4 Å². The number of hydrogen-bond donors (Lipinski definition) is 3. The van der Waals surface area contributed by atoms with E-state index in [2.05, 4.69) is 0 Å². The van der Waals surface area contributed by atoms with Gasteiger partial charge in [0.1, 0.15) is 17.1 Å². The minimum atomic E-state index is -4.90. The van der Waals surface area contributed by atoms with Crippen LogP contribution in [0.4, 0.5) is 13.2 Å². The molecule has 6 nitrogen and oxygen atoms in total. The summed E-state index contributed by atoms with van der Waals surface area (Å²) >= 11 is 6.07. The number of benzene rings is 2. The Bertz CT molecular complexity index is 1050. The fourth-order valence-electron chi connectivity index (χ4n) is 3.58. The van der Waals surface area contributed by atoms with Gasteiger partial charge in [-0.25, -0.2) is 0 Å². The molecule has 1 aliphatic heterocycles. The predicted molar refractivity (Wildman–Crippen MR) is 109 cm³/mol. The van der Waals surface area contributed by atoms with Crippen molar-refractivity contribution >= 4 is 17.6 Å². The third kappa shape index (κ3) is 5.11. The molecule has 0 saturated carbocycles. The summed E-state index contributed by atoms with van der Waals surface area (Å²) in [6.45, 7) is 4.90. The number of ether oxygens (including phenoxy) is 2. The van der Waals surface area contributed by atoms with E-state index < -0.39 is 41.0 Å². The summed E-state index contributed by atoms with van der Waals surface area (Å²) < 4.78 is 51.8. The average molecular weight is 475 g/mol. The van der Waals surface area contributed by atoms with E-state index in [9.17, 15) is 28.2 Å². The van der Waals surface area contributed by atoms with Crippen LogP contribution >= 0.6 is 11.6 Å². The molecule has 0 bridgehead atoms. The fraction of sp³-hybridized carbons (Fsp3) is 0.409. The van der Waals surface area contributed by atoms with Gasteiger partial charge in [-0.1, -0.05) is 24.6 Å². The van der Waals surface area contributed by atoms with Gasteiger partial charge < -0.3 is 24.8 Å². The second kappa shape index (κ2) is 8.13. The van der Waals surface area contributed by atoms with Gasteiger partial charge >= 0.3 is 18.1 Å². The predicted octanol–water partition coefficient (Wildman–Crippen LogP) is 4.51. The Morgan fingerprint density at radius 2 is 1.88 bits per heavy atom. The minimum absolute atomic E-state index is 0.0739. The van der Waals surface area contributed by atoms with Gasteiger partial charge in [0.15, 0.2) is 0 Å². The smallest absolute Gasteiger partial charge is 0.419 e. The molecule has 0 fully saturated rings. The van der Waals surface area contributed by atoms with Gasteiger partial charge in [0.2, 0.25) is 0 Å². The van der Waals surface area contributed by atoms with Crippen LogP contribution in [0.25, 0.3) is 0 Å². The van der Waals surface area contributed by atoms with Crippen LogP contribution in [0.5, 0.6) is 11.5 Å². The Kier molecular flexibility index (Phi) is 6.14. The van der Waals surface area contributed by atoms with E-state index >= 15 is 0 Å². The van der Waals surface area contributed by atoms with Crippen molar-refractivity contribution in [2.75, 3.05) is 0 Å². The topological polar surface area (TPSA) is 96.2 Å². The van der Waals surface area contributed by atoms with Gasteiger partial charge in [-0.3, -0.25) is 4.79 Å². The molecule has 1 unspecified atom stereocenters. The number of carbonyl (C=O) groups is 1. The first kappa shape index (κ1) is 24.2. The normalized spacial score (nSPS) is 16.3. The lowest BCUT2D eigenvalue weighted by molar-refractivity contribution is -0.306. The lowest BCUT2D eigenvalue weighted by Gasteiger charge is -2.27. The Morgan fingerprint density at radius 3 is 2.47 bits per heavy atom. The molecular weight excluding hydrogens is 453 g/mol. The molecule has 0 amide bonds. The summed E-state index contributed by atoms with van der Waals surface area (Å²) in [6, 6.07) is 5.61. The molecule has 1 atom stereocenters. The SMILES string of the molecule is CC(Cc1ccc(OC(O)(O)c2cc(Cl)cc3c2OC(C)(C)C3)c(C(F)(F)F)c1)C(=O)O. The van der Waals surface area contributed by atoms with Crippen molar-refractivity contribution in [3.63, 3.8) is 0 Å². The monoisotopic (exact) mass is 474 g/mol. The van der Waals surface area contributed by atoms with Gasteiger partial charge in [-0.15, -0.1) is 0 Å². The second-order valence-electron chi connectivity index (χ2n) is 8.46. The Balaban J connectivity index is 2.01. The maximum absolute atomic E-state index is 13.7. The average Bonchev–Trinajstić information content (AvgIpc) is 2.94. The van der Waals surface area contributed by atoms with Crippen LogP contribution in [-0.4, -0.2) is 26.9 Å². The summed E-state index contributed by atoms with van der Waals surface area (Å²) in [5.41, 5.74) is -1.63. The quantitative estimate of drug-likeness (QED) is 0.533. The molecule has 0 radical (unpaired) electrons. The second-order valence-corrected chi connectivity index (χ2v) is 8.90. The molecule has 10 heteroatoms. The van der Waals surface area contributed by atoms with Crippen LogP contribution in [-0.2, 0) is 29.8 Å². The highest BCUT2D eigenvalue weighted by molar-refractivity contribution is 6.30. The van der Waals surface area contributed by atoms with Crippen molar-refractivity contribution in [3.8, 4) is 11.5 Å². The van der Waals surface area contributed by atoms with Crippen LogP contribution < -0.4 is 9.47 Å². The number of carboxylic acid groups (broad SMARTS) is 1. The van der Waals surface area contributed by atoms with Crippen molar-refractivity contribution in [1.82, 2.24) is 0 Å². The first-order chi connectivity index (χ1) is 14.6. The van der Waals surface area contributed by atoms with Gasteiger partial charge in [0.05, 0.1) is 17.0 Å². The van der Waals surface area contributed by atoms with E-state index in [1.54, 1.807) is 19.9 Å². The molecule has 1 heterocycles. The zero-order valence-corrected chi connectivity index (χ0v) is 18.2. The summed E-state index contributed by atoms with van der Waals surface area (Å²) in [6.07, 6.45) is -4.65. The van der Waals surface area contributed by atoms with Crippen molar-refractivity contribution < 1.29 is 42.8 Å². The van der Waals surface area contributed by atoms with Gasteiger partial charge in [-0.05, 0) is 50.1 Å². The number of hydrogen-bond acceptors (Lipinski definition) is 5. The molecule has 0 saturated heterocycles. The molecule has 32 heavy (non-hydrogen) atoms. The highest BCUT2D eigenvalue weighted by Gasteiger charge is 2.43. The lowest BCUT2D eigenvalue weighted by atomic mass is 9.98. The van der Waals surface area contributed by atoms with E-state index in [0.717, 1.165) is 18.2 Å². The third-order valence-electron chi connectivity index (χ3n) is 5.04. The summed E-state index contributed by atoms with van der Waals surface area (Å²) in [5.74, 6) is -6.02.